The first-order valence-electron chi connectivity index (χ1n) is 4.79. The van der Waals surface area contributed by atoms with Crippen LogP contribution in [0.2, 0.25) is 10.2 Å². The van der Waals surface area contributed by atoms with Gasteiger partial charge in [-0.15, -0.1) is 0 Å². The molecule has 0 aliphatic rings. The van der Waals surface area contributed by atoms with Crippen LogP contribution in [0.1, 0.15) is 0 Å². The van der Waals surface area contributed by atoms with Crippen LogP contribution in [-0.2, 0) is 10.1 Å². The van der Waals surface area contributed by atoms with Crippen LogP contribution in [0.25, 0.3) is 0 Å². The maximum Gasteiger partial charge on any atom is 0.339 e. The van der Waals surface area contributed by atoms with Gasteiger partial charge in [-0.25, -0.2) is 4.98 Å². The van der Waals surface area contributed by atoms with Crippen LogP contribution in [0.3, 0.4) is 0 Å². The molecule has 2 aromatic rings. The van der Waals surface area contributed by atoms with Crippen LogP contribution < -0.4 is 4.18 Å². The van der Waals surface area contributed by atoms with E-state index in [1.54, 1.807) is 0 Å². The van der Waals surface area contributed by atoms with Crippen LogP contribution >= 0.6 is 23.2 Å². The van der Waals surface area contributed by atoms with Crippen LogP contribution in [0.5, 0.6) is 5.75 Å². The number of halogens is 2. The Morgan fingerprint density at radius 3 is 2.33 bits per heavy atom. The lowest BCUT2D eigenvalue weighted by Gasteiger charge is -2.07. The van der Waals surface area contributed by atoms with Gasteiger partial charge in [0, 0.05) is 11.2 Å². The highest BCUT2D eigenvalue weighted by molar-refractivity contribution is 7.87. The molecule has 1 heterocycles. The van der Waals surface area contributed by atoms with Crippen molar-refractivity contribution in [3.63, 3.8) is 0 Å². The molecular weight excluding hydrogens is 297 g/mol. The fraction of sp³-hybridized carbons (Fsp3) is 0. The average Bonchev–Trinajstić information content (AvgIpc) is 2.32. The quantitative estimate of drug-likeness (QED) is 0.645. The predicted octanol–water partition coefficient (Wildman–Crippen LogP) is 3.16. The highest BCUT2D eigenvalue weighted by atomic mass is 35.5. The van der Waals surface area contributed by atoms with Crippen molar-refractivity contribution in [2.24, 2.45) is 0 Å². The molecule has 0 bridgehead atoms. The number of hydrogen-bond donors (Lipinski definition) is 0. The third kappa shape index (κ3) is 2.93. The highest BCUT2D eigenvalue weighted by Gasteiger charge is 2.18. The fourth-order valence-corrected chi connectivity index (χ4v) is 2.47. The third-order valence-corrected chi connectivity index (χ3v) is 3.81. The zero-order valence-electron chi connectivity index (χ0n) is 8.88. The van der Waals surface area contributed by atoms with Crippen LogP contribution in [0, 0.1) is 0 Å². The van der Waals surface area contributed by atoms with Crippen molar-refractivity contribution in [2.45, 2.75) is 4.90 Å². The second-order valence-corrected chi connectivity index (χ2v) is 5.62. The first-order chi connectivity index (χ1) is 8.49. The van der Waals surface area contributed by atoms with Gasteiger partial charge in [0.25, 0.3) is 0 Å². The number of benzene rings is 1. The summed E-state index contributed by atoms with van der Waals surface area (Å²) < 4.78 is 28.7. The molecule has 1 aromatic heterocycles. The van der Waals surface area contributed by atoms with Crippen molar-refractivity contribution in [3.8, 4) is 5.75 Å². The molecule has 2 rings (SSSR count). The van der Waals surface area contributed by atoms with E-state index in [-0.39, 0.29) is 15.8 Å². The van der Waals surface area contributed by atoms with Crippen LogP contribution in [0.4, 0.5) is 0 Å². The maximum absolute atomic E-state index is 11.9. The van der Waals surface area contributed by atoms with Crippen LogP contribution in [0.15, 0.2) is 47.5 Å². The van der Waals surface area contributed by atoms with E-state index in [9.17, 15) is 8.42 Å². The first kappa shape index (κ1) is 13.1. The van der Waals surface area contributed by atoms with Crippen molar-refractivity contribution >= 4 is 33.3 Å². The molecule has 18 heavy (non-hydrogen) atoms. The molecule has 0 aliphatic heterocycles. The molecule has 7 heteroatoms. The molecule has 1 aromatic carbocycles. The van der Waals surface area contributed by atoms with Crippen molar-refractivity contribution < 1.29 is 12.6 Å². The van der Waals surface area contributed by atoms with E-state index in [4.69, 9.17) is 27.4 Å². The molecule has 94 valence electrons. The molecule has 0 spiro atoms. The SMILES string of the molecule is O=S(=O)(Oc1cccnc1Cl)c1ccc(Cl)cc1. The molecule has 0 fully saturated rings. The fourth-order valence-electron chi connectivity index (χ4n) is 1.20. The summed E-state index contributed by atoms with van der Waals surface area (Å²) in [6.45, 7) is 0. The molecular formula is C11H7Cl2NO3S. The van der Waals surface area contributed by atoms with Gasteiger partial charge < -0.3 is 4.18 Å². The number of aromatic nitrogens is 1. The lowest BCUT2D eigenvalue weighted by Crippen LogP contribution is -2.10. The van der Waals surface area contributed by atoms with Gasteiger partial charge in [-0.1, -0.05) is 23.2 Å². The minimum atomic E-state index is -3.94. The molecule has 0 saturated carbocycles. The molecule has 0 N–H and O–H groups in total. The Morgan fingerprint density at radius 1 is 1.06 bits per heavy atom. The van der Waals surface area contributed by atoms with E-state index in [1.807, 2.05) is 0 Å². The lowest BCUT2D eigenvalue weighted by atomic mass is 10.4. The zero-order valence-corrected chi connectivity index (χ0v) is 11.2. The Hall–Kier alpha value is -1.30. The maximum atomic E-state index is 11.9. The molecule has 0 radical (unpaired) electrons. The normalized spacial score (nSPS) is 11.2. The van der Waals surface area contributed by atoms with E-state index >= 15 is 0 Å². The van der Waals surface area contributed by atoms with Gasteiger partial charge in [0.1, 0.15) is 4.90 Å². The summed E-state index contributed by atoms with van der Waals surface area (Å²) in [5, 5.41) is 0.420. The number of pyridine rings is 1. The van der Waals surface area contributed by atoms with Gasteiger partial charge in [0.05, 0.1) is 0 Å². The van der Waals surface area contributed by atoms with Crippen molar-refractivity contribution in [3.05, 3.63) is 52.8 Å². The number of rotatable bonds is 3. The molecule has 0 atom stereocenters. The minimum absolute atomic E-state index is 0.00757. The summed E-state index contributed by atoms with van der Waals surface area (Å²) in [6, 6.07) is 8.57. The minimum Gasteiger partial charge on any atom is -0.376 e. The van der Waals surface area contributed by atoms with E-state index in [2.05, 4.69) is 4.98 Å². The lowest BCUT2D eigenvalue weighted by molar-refractivity contribution is 0.485. The third-order valence-electron chi connectivity index (χ3n) is 2.03. The van der Waals surface area contributed by atoms with Gasteiger partial charge in [0.2, 0.25) is 0 Å². The number of nitrogens with zero attached hydrogens (tertiary/aromatic N) is 1. The second kappa shape index (κ2) is 5.14. The summed E-state index contributed by atoms with van der Waals surface area (Å²) in [6.07, 6.45) is 1.43. The summed E-state index contributed by atoms with van der Waals surface area (Å²) in [7, 11) is -3.94. The van der Waals surface area contributed by atoms with Crippen molar-refractivity contribution in [1.29, 1.82) is 0 Å². The van der Waals surface area contributed by atoms with Gasteiger partial charge >= 0.3 is 10.1 Å². The molecule has 0 amide bonds. The molecule has 0 unspecified atom stereocenters. The second-order valence-electron chi connectivity index (χ2n) is 3.28. The molecule has 4 nitrogen and oxygen atoms in total. The monoisotopic (exact) mass is 303 g/mol. The molecule has 0 saturated heterocycles. The van der Waals surface area contributed by atoms with E-state index < -0.39 is 10.1 Å². The summed E-state index contributed by atoms with van der Waals surface area (Å²) in [4.78, 5) is 3.72. The summed E-state index contributed by atoms with van der Waals surface area (Å²) >= 11 is 11.4. The Morgan fingerprint density at radius 2 is 1.72 bits per heavy atom. The first-order valence-corrected chi connectivity index (χ1v) is 6.96. The van der Waals surface area contributed by atoms with Gasteiger partial charge in [-0.05, 0) is 36.4 Å². The Kier molecular flexibility index (Phi) is 3.75. The Balaban J connectivity index is 2.33. The summed E-state index contributed by atoms with van der Waals surface area (Å²) in [5.74, 6) is -0.0193. The van der Waals surface area contributed by atoms with Crippen LogP contribution in [-0.4, -0.2) is 13.4 Å². The van der Waals surface area contributed by atoms with E-state index in [0.717, 1.165) is 0 Å². The number of hydrogen-bond acceptors (Lipinski definition) is 4. The zero-order chi connectivity index (χ0) is 13.2. The molecule has 0 aliphatic carbocycles. The average molecular weight is 304 g/mol. The van der Waals surface area contributed by atoms with Gasteiger partial charge in [-0.3, -0.25) is 0 Å². The standard InChI is InChI=1S/C11H7Cl2NO3S/c12-8-3-5-9(6-4-8)18(15,16)17-10-2-1-7-14-11(10)13/h1-7H. The van der Waals surface area contributed by atoms with E-state index in [1.165, 1.54) is 42.6 Å². The summed E-state index contributed by atoms with van der Waals surface area (Å²) in [5.41, 5.74) is 0. The van der Waals surface area contributed by atoms with Gasteiger partial charge in [0.15, 0.2) is 10.9 Å². The topological polar surface area (TPSA) is 56.3 Å². The predicted molar refractivity (Wildman–Crippen MR) is 68.5 cm³/mol. The Bertz CT molecular complexity index is 656. The smallest absolute Gasteiger partial charge is 0.339 e. The van der Waals surface area contributed by atoms with E-state index in [0.29, 0.717) is 5.02 Å². The Labute approximate surface area is 114 Å². The largest absolute Gasteiger partial charge is 0.376 e. The van der Waals surface area contributed by atoms with Crippen molar-refractivity contribution in [1.82, 2.24) is 4.98 Å². The highest BCUT2D eigenvalue weighted by Crippen LogP contribution is 2.25. The van der Waals surface area contributed by atoms with Crippen molar-refractivity contribution in [2.75, 3.05) is 0 Å². The van der Waals surface area contributed by atoms with Gasteiger partial charge in [-0.2, -0.15) is 8.42 Å².